The summed E-state index contributed by atoms with van der Waals surface area (Å²) in [6.07, 6.45) is 0.892. The largest absolute Gasteiger partial charge is 0.488 e. The van der Waals surface area contributed by atoms with Gasteiger partial charge in [0.1, 0.15) is 11.8 Å². The number of nitrogens with zero attached hydrogens (tertiary/aromatic N) is 2. The Morgan fingerprint density at radius 2 is 2.20 bits per heavy atom. The van der Waals surface area contributed by atoms with Crippen molar-refractivity contribution in [1.82, 2.24) is 4.98 Å². The molecule has 0 radical (unpaired) electrons. The van der Waals surface area contributed by atoms with Gasteiger partial charge in [0.2, 0.25) is 0 Å². The SMILES string of the molecule is CCC(C)c1cc(B(O)O)cc(C#N)n1. The van der Waals surface area contributed by atoms with Crippen LogP contribution >= 0.6 is 0 Å². The number of hydrogen-bond donors (Lipinski definition) is 2. The molecule has 0 amide bonds. The van der Waals surface area contributed by atoms with Crippen molar-refractivity contribution in [3.8, 4) is 6.07 Å². The Morgan fingerprint density at radius 1 is 1.53 bits per heavy atom. The van der Waals surface area contributed by atoms with Crippen LogP contribution in [0.4, 0.5) is 0 Å². The average Bonchev–Trinajstić information content (AvgIpc) is 2.27. The lowest BCUT2D eigenvalue weighted by atomic mass is 9.79. The predicted molar refractivity (Wildman–Crippen MR) is 57.5 cm³/mol. The summed E-state index contributed by atoms with van der Waals surface area (Å²) in [7, 11) is -1.55. The molecule has 15 heavy (non-hydrogen) atoms. The van der Waals surface area contributed by atoms with E-state index in [2.05, 4.69) is 4.98 Å². The first-order valence-corrected chi connectivity index (χ1v) is 4.86. The summed E-state index contributed by atoms with van der Waals surface area (Å²) < 4.78 is 0. The molecular formula is C10H13BN2O2. The highest BCUT2D eigenvalue weighted by molar-refractivity contribution is 6.58. The fraction of sp³-hybridized carbons (Fsp3) is 0.400. The zero-order chi connectivity index (χ0) is 11.4. The first kappa shape index (κ1) is 11.7. The molecule has 1 heterocycles. The molecule has 2 N–H and O–H groups in total. The number of aromatic nitrogens is 1. The molecular weight excluding hydrogens is 191 g/mol. The van der Waals surface area contributed by atoms with Crippen molar-refractivity contribution in [2.24, 2.45) is 0 Å². The highest BCUT2D eigenvalue weighted by Gasteiger charge is 2.15. The van der Waals surface area contributed by atoms with E-state index in [0.29, 0.717) is 5.46 Å². The van der Waals surface area contributed by atoms with Gasteiger partial charge in [0, 0.05) is 5.69 Å². The van der Waals surface area contributed by atoms with Crippen LogP contribution in [0.25, 0.3) is 0 Å². The Hall–Kier alpha value is -1.38. The molecule has 0 bridgehead atoms. The minimum Gasteiger partial charge on any atom is -0.423 e. The number of rotatable bonds is 3. The van der Waals surface area contributed by atoms with E-state index in [1.807, 2.05) is 19.9 Å². The van der Waals surface area contributed by atoms with E-state index in [9.17, 15) is 0 Å². The average molecular weight is 204 g/mol. The molecule has 0 saturated carbocycles. The van der Waals surface area contributed by atoms with E-state index in [1.54, 1.807) is 6.07 Å². The lowest BCUT2D eigenvalue weighted by Crippen LogP contribution is -2.31. The van der Waals surface area contributed by atoms with E-state index in [4.69, 9.17) is 15.3 Å². The maximum Gasteiger partial charge on any atom is 0.488 e. The molecule has 0 aliphatic carbocycles. The molecule has 0 spiro atoms. The van der Waals surface area contributed by atoms with Crippen LogP contribution in [-0.4, -0.2) is 22.2 Å². The molecule has 5 heteroatoms. The molecule has 0 fully saturated rings. The number of pyridine rings is 1. The van der Waals surface area contributed by atoms with Gasteiger partial charge in [-0.2, -0.15) is 5.26 Å². The third-order valence-electron chi connectivity index (χ3n) is 2.40. The second-order valence-electron chi connectivity index (χ2n) is 3.51. The second kappa shape index (κ2) is 4.92. The highest BCUT2D eigenvalue weighted by Crippen LogP contribution is 2.15. The van der Waals surface area contributed by atoms with E-state index >= 15 is 0 Å². The lowest BCUT2D eigenvalue weighted by Gasteiger charge is -2.10. The molecule has 0 aliphatic rings. The minimum absolute atomic E-state index is 0.204. The molecule has 0 aromatic carbocycles. The van der Waals surface area contributed by atoms with Gasteiger partial charge >= 0.3 is 7.12 Å². The fourth-order valence-electron chi connectivity index (χ4n) is 1.24. The van der Waals surface area contributed by atoms with Crippen LogP contribution in [0.5, 0.6) is 0 Å². The summed E-state index contributed by atoms with van der Waals surface area (Å²) in [5.74, 6) is 0.204. The van der Waals surface area contributed by atoms with Gasteiger partial charge in [-0.3, -0.25) is 0 Å². The molecule has 0 aliphatic heterocycles. The van der Waals surface area contributed by atoms with Gasteiger partial charge in [0.25, 0.3) is 0 Å². The third-order valence-corrected chi connectivity index (χ3v) is 2.40. The van der Waals surface area contributed by atoms with E-state index in [0.717, 1.165) is 12.1 Å². The van der Waals surface area contributed by atoms with Gasteiger partial charge < -0.3 is 10.0 Å². The maximum absolute atomic E-state index is 9.04. The molecule has 78 valence electrons. The lowest BCUT2D eigenvalue weighted by molar-refractivity contribution is 0.425. The fourth-order valence-corrected chi connectivity index (χ4v) is 1.24. The summed E-state index contributed by atoms with van der Waals surface area (Å²) in [4.78, 5) is 4.12. The quantitative estimate of drug-likeness (QED) is 0.686. The Balaban J connectivity index is 3.18. The van der Waals surface area contributed by atoms with Crippen molar-refractivity contribution in [2.45, 2.75) is 26.2 Å². The first-order valence-electron chi connectivity index (χ1n) is 4.86. The molecule has 1 rings (SSSR count). The van der Waals surface area contributed by atoms with Crippen LogP contribution in [0.15, 0.2) is 12.1 Å². The summed E-state index contributed by atoms with van der Waals surface area (Å²) >= 11 is 0. The van der Waals surface area contributed by atoms with Gasteiger partial charge in [0.05, 0.1) is 0 Å². The van der Waals surface area contributed by atoms with Crippen LogP contribution < -0.4 is 5.46 Å². The predicted octanol–water partition coefficient (Wildman–Crippen LogP) is 0.147. The molecule has 1 aromatic heterocycles. The number of nitriles is 1. The third kappa shape index (κ3) is 2.78. The molecule has 0 saturated heterocycles. The first-order chi connectivity index (χ1) is 7.08. The van der Waals surface area contributed by atoms with Gasteiger partial charge in [0.15, 0.2) is 0 Å². The van der Waals surface area contributed by atoms with E-state index in [-0.39, 0.29) is 11.6 Å². The summed E-state index contributed by atoms with van der Waals surface area (Å²) in [5, 5.41) is 26.8. The van der Waals surface area contributed by atoms with E-state index < -0.39 is 7.12 Å². The highest BCUT2D eigenvalue weighted by atomic mass is 16.4. The molecule has 1 atom stereocenters. The van der Waals surface area contributed by atoms with Gasteiger partial charge in [-0.15, -0.1) is 0 Å². The summed E-state index contributed by atoms with van der Waals surface area (Å²) in [6.45, 7) is 4.00. The van der Waals surface area contributed by atoms with Crippen LogP contribution in [0, 0.1) is 11.3 Å². The summed E-state index contributed by atoms with van der Waals surface area (Å²) in [6, 6.07) is 4.92. The minimum atomic E-state index is -1.55. The van der Waals surface area contributed by atoms with Crippen molar-refractivity contribution in [3.05, 3.63) is 23.5 Å². The molecule has 1 aromatic rings. The summed E-state index contributed by atoms with van der Waals surface area (Å²) in [5.41, 5.74) is 1.26. The van der Waals surface area contributed by atoms with Gasteiger partial charge in [-0.1, -0.05) is 13.8 Å². The second-order valence-corrected chi connectivity index (χ2v) is 3.51. The van der Waals surface area contributed by atoms with Gasteiger partial charge in [-0.25, -0.2) is 4.98 Å². The van der Waals surface area contributed by atoms with Crippen LogP contribution in [-0.2, 0) is 0 Å². The van der Waals surface area contributed by atoms with Crippen molar-refractivity contribution in [2.75, 3.05) is 0 Å². The van der Waals surface area contributed by atoms with Gasteiger partial charge in [-0.05, 0) is 29.9 Å². The monoisotopic (exact) mass is 204 g/mol. The van der Waals surface area contributed by atoms with Crippen molar-refractivity contribution in [3.63, 3.8) is 0 Å². The zero-order valence-electron chi connectivity index (χ0n) is 8.81. The smallest absolute Gasteiger partial charge is 0.423 e. The van der Waals surface area contributed by atoms with Crippen LogP contribution in [0.2, 0.25) is 0 Å². The van der Waals surface area contributed by atoms with Crippen LogP contribution in [0.1, 0.15) is 37.6 Å². The van der Waals surface area contributed by atoms with Crippen LogP contribution in [0.3, 0.4) is 0 Å². The standard InChI is InChI=1S/C10H13BN2O2/c1-3-7(2)10-5-8(11(14)15)4-9(6-12)13-10/h4-5,7,14-15H,3H2,1-2H3. The molecule has 4 nitrogen and oxygen atoms in total. The van der Waals surface area contributed by atoms with E-state index in [1.165, 1.54) is 6.07 Å². The Bertz CT molecular complexity index is 387. The van der Waals surface area contributed by atoms with Crippen molar-refractivity contribution >= 4 is 12.6 Å². The topological polar surface area (TPSA) is 77.1 Å². The Labute approximate surface area is 89.3 Å². The normalized spacial score (nSPS) is 11.9. The Kier molecular flexibility index (Phi) is 3.84. The maximum atomic E-state index is 9.04. The number of hydrogen-bond acceptors (Lipinski definition) is 4. The van der Waals surface area contributed by atoms with Crippen molar-refractivity contribution in [1.29, 1.82) is 5.26 Å². The molecule has 1 unspecified atom stereocenters. The zero-order valence-corrected chi connectivity index (χ0v) is 8.81. The Morgan fingerprint density at radius 3 is 2.67 bits per heavy atom. The van der Waals surface area contributed by atoms with Crippen molar-refractivity contribution < 1.29 is 10.0 Å².